The van der Waals surface area contributed by atoms with Crippen LogP contribution in [0.4, 0.5) is 0 Å². The molecule has 1 aromatic rings. The third-order valence-corrected chi connectivity index (χ3v) is 3.16. The molecule has 19 heavy (non-hydrogen) atoms. The number of benzene rings is 1. The third kappa shape index (κ3) is 5.43. The molecular weight excluding hydrogens is 236 g/mol. The molecule has 0 aliphatic rings. The zero-order valence-corrected chi connectivity index (χ0v) is 12.3. The number of rotatable bonds is 7. The van der Waals surface area contributed by atoms with Crippen LogP contribution >= 0.6 is 0 Å². The average molecular weight is 262 g/mol. The number of carbonyl (C=O) groups is 1. The van der Waals surface area contributed by atoms with E-state index in [1.54, 1.807) is 0 Å². The van der Waals surface area contributed by atoms with E-state index in [-0.39, 0.29) is 11.8 Å². The van der Waals surface area contributed by atoms with Crippen LogP contribution in [0, 0.1) is 11.8 Å². The Labute approximate surface area is 116 Å². The second kappa shape index (κ2) is 7.95. The molecule has 3 nitrogen and oxygen atoms in total. The zero-order valence-electron chi connectivity index (χ0n) is 12.3. The van der Waals surface area contributed by atoms with Gasteiger partial charge >= 0.3 is 0 Å². The van der Waals surface area contributed by atoms with E-state index in [9.17, 15) is 4.79 Å². The number of nitrogens with two attached hydrogens (primary N) is 1. The van der Waals surface area contributed by atoms with E-state index in [1.165, 1.54) is 11.1 Å². The van der Waals surface area contributed by atoms with Crippen molar-refractivity contribution in [2.24, 2.45) is 17.6 Å². The van der Waals surface area contributed by atoms with Crippen LogP contribution in [-0.2, 0) is 17.6 Å². The molecular formula is C16H26N2O. The SMILES string of the molecule is CCNC(=O)C(CN)Cc1ccc(CC(C)C)cc1. The van der Waals surface area contributed by atoms with Gasteiger partial charge in [0.15, 0.2) is 0 Å². The van der Waals surface area contributed by atoms with Gasteiger partial charge in [-0.25, -0.2) is 0 Å². The Bertz CT molecular complexity index is 384. The molecule has 0 heterocycles. The highest BCUT2D eigenvalue weighted by Gasteiger charge is 2.16. The summed E-state index contributed by atoms with van der Waals surface area (Å²) in [4.78, 5) is 11.8. The molecule has 0 aromatic heterocycles. The molecule has 106 valence electrons. The highest BCUT2D eigenvalue weighted by molar-refractivity contribution is 5.79. The second-order valence-corrected chi connectivity index (χ2v) is 5.45. The lowest BCUT2D eigenvalue weighted by atomic mass is 9.96. The summed E-state index contributed by atoms with van der Waals surface area (Å²) in [7, 11) is 0. The van der Waals surface area contributed by atoms with Crippen LogP contribution in [0.5, 0.6) is 0 Å². The molecule has 0 aliphatic carbocycles. The summed E-state index contributed by atoms with van der Waals surface area (Å²) < 4.78 is 0. The number of hydrogen-bond acceptors (Lipinski definition) is 2. The monoisotopic (exact) mass is 262 g/mol. The maximum atomic E-state index is 11.8. The van der Waals surface area contributed by atoms with Crippen molar-refractivity contribution in [2.45, 2.75) is 33.6 Å². The topological polar surface area (TPSA) is 55.1 Å². The van der Waals surface area contributed by atoms with E-state index in [1.807, 2.05) is 6.92 Å². The molecule has 3 N–H and O–H groups in total. The molecule has 1 aromatic carbocycles. The number of hydrogen-bond donors (Lipinski definition) is 2. The molecule has 0 spiro atoms. The van der Waals surface area contributed by atoms with Gasteiger partial charge in [0, 0.05) is 13.1 Å². The van der Waals surface area contributed by atoms with Gasteiger partial charge in [-0.05, 0) is 36.8 Å². The quantitative estimate of drug-likeness (QED) is 0.791. The lowest BCUT2D eigenvalue weighted by molar-refractivity contribution is -0.124. The van der Waals surface area contributed by atoms with Gasteiger partial charge in [-0.2, -0.15) is 0 Å². The first-order valence-electron chi connectivity index (χ1n) is 7.12. The first kappa shape index (κ1) is 15.7. The Balaban J connectivity index is 2.62. The Hall–Kier alpha value is -1.35. The average Bonchev–Trinajstić information content (AvgIpc) is 2.37. The lowest BCUT2D eigenvalue weighted by Crippen LogP contribution is -2.36. The maximum absolute atomic E-state index is 11.8. The van der Waals surface area contributed by atoms with Crippen molar-refractivity contribution >= 4 is 5.91 Å². The van der Waals surface area contributed by atoms with Crippen molar-refractivity contribution in [1.82, 2.24) is 5.32 Å². The van der Waals surface area contributed by atoms with Crippen molar-refractivity contribution in [2.75, 3.05) is 13.1 Å². The van der Waals surface area contributed by atoms with Crippen molar-refractivity contribution in [3.05, 3.63) is 35.4 Å². The minimum Gasteiger partial charge on any atom is -0.356 e. The summed E-state index contributed by atoms with van der Waals surface area (Å²) in [5.41, 5.74) is 8.21. The lowest BCUT2D eigenvalue weighted by Gasteiger charge is -2.14. The van der Waals surface area contributed by atoms with Crippen LogP contribution in [0.15, 0.2) is 24.3 Å². The first-order valence-corrected chi connectivity index (χ1v) is 7.12. The predicted molar refractivity (Wildman–Crippen MR) is 79.9 cm³/mol. The Kier molecular flexibility index (Phi) is 6.57. The summed E-state index contributed by atoms with van der Waals surface area (Å²) >= 11 is 0. The fraction of sp³-hybridized carbons (Fsp3) is 0.562. The van der Waals surface area contributed by atoms with Gasteiger partial charge in [0.25, 0.3) is 0 Å². The standard InChI is InChI=1S/C16H26N2O/c1-4-18-16(19)15(11-17)10-14-7-5-13(6-8-14)9-12(2)3/h5-8,12,15H,4,9-11,17H2,1-3H3,(H,18,19). The molecule has 0 bridgehead atoms. The third-order valence-electron chi connectivity index (χ3n) is 3.16. The molecule has 0 saturated carbocycles. The summed E-state index contributed by atoms with van der Waals surface area (Å²) in [6, 6.07) is 8.53. The molecule has 1 rings (SSSR count). The fourth-order valence-corrected chi connectivity index (χ4v) is 2.17. The van der Waals surface area contributed by atoms with Crippen molar-refractivity contribution in [3.63, 3.8) is 0 Å². The molecule has 0 radical (unpaired) electrons. The molecule has 0 fully saturated rings. The van der Waals surface area contributed by atoms with Gasteiger partial charge in [0.1, 0.15) is 0 Å². The van der Waals surface area contributed by atoms with Crippen LogP contribution in [0.25, 0.3) is 0 Å². The minimum atomic E-state index is -0.129. The van der Waals surface area contributed by atoms with E-state index in [0.29, 0.717) is 25.4 Å². The van der Waals surface area contributed by atoms with Crippen LogP contribution in [0.2, 0.25) is 0 Å². The van der Waals surface area contributed by atoms with E-state index in [2.05, 4.69) is 43.4 Å². The van der Waals surface area contributed by atoms with Crippen molar-refractivity contribution in [1.29, 1.82) is 0 Å². The van der Waals surface area contributed by atoms with Crippen LogP contribution in [0.3, 0.4) is 0 Å². The number of carbonyl (C=O) groups excluding carboxylic acids is 1. The van der Waals surface area contributed by atoms with Gasteiger partial charge in [-0.15, -0.1) is 0 Å². The summed E-state index contributed by atoms with van der Waals surface area (Å²) in [5, 5.41) is 2.84. The van der Waals surface area contributed by atoms with Gasteiger partial charge < -0.3 is 11.1 Å². The van der Waals surface area contributed by atoms with Gasteiger partial charge in [0.2, 0.25) is 5.91 Å². The van der Waals surface area contributed by atoms with E-state index >= 15 is 0 Å². The summed E-state index contributed by atoms with van der Waals surface area (Å²) in [6.45, 7) is 7.40. The van der Waals surface area contributed by atoms with Crippen LogP contribution in [-0.4, -0.2) is 19.0 Å². The van der Waals surface area contributed by atoms with E-state index in [4.69, 9.17) is 5.73 Å². The molecule has 0 saturated heterocycles. The first-order chi connectivity index (χ1) is 9.06. The highest BCUT2D eigenvalue weighted by atomic mass is 16.1. The molecule has 3 heteroatoms. The maximum Gasteiger partial charge on any atom is 0.224 e. The van der Waals surface area contributed by atoms with Crippen LogP contribution in [0.1, 0.15) is 31.9 Å². The molecule has 1 amide bonds. The fourth-order valence-electron chi connectivity index (χ4n) is 2.17. The zero-order chi connectivity index (χ0) is 14.3. The Morgan fingerprint density at radius 2 is 1.68 bits per heavy atom. The number of amides is 1. The predicted octanol–water partition coefficient (Wildman–Crippen LogP) is 2.14. The van der Waals surface area contributed by atoms with Gasteiger partial charge in [-0.3, -0.25) is 4.79 Å². The van der Waals surface area contributed by atoms with Crippen LogP contribution < -0.4 is 11.1 Å². The normalized spacial score (nSPS) is 12.5. The summed E-state index contributed by atoms with van der Waals surface area (Å²) in [5.74, 6) is 0.588. The molecule has 1 unspecified atom stereocenters. The van der Waals surface area contributed by atoms with E-state index < -0.39 is 0 Å². The van der Waals surface area contributed by atoms with Crippen molar-refractivity contribution in [3.8, 4) is 0 Å². The highest BCUT2D eigenvalue weighted by Crippen LogP contribution is 2.13. The van der Waals surface area contributed by atoms with Crippen molar-refractivity contribution < 1.29 is 4.79 Å². The minimum absolute atomic E-state index is 0.0521. The van der Waals surface area contributed by atoms with E-state index in [0.717, 1.165) is 6.42 Å². The van der Waals surface area contributed by atoms with Gasteiger partial charge in [-0.1, -0.05) is 38.1 Å². The number of nitrogens with one attached hydrogen (secondary N) is 1. The second-order valence-electron chi connectivity index (χ2n) is 5.45. The van der Waals surface area contributed by atoms with Gasteiger partial charge in [0.05, 0.1) is 5.92 Å². The smallest absolute Gasteiger partial charge is 0.224 e. The summed E-state index contributed by atoms with van der Waals surface area (Å²) in [6.07, 6.45) is 1.81. The Morgan fingerprint density at radius 3 is 2.11 bits per heavy atom. The molecule has 1 atom stereocenters. The Morgan fingerprint density at radius 1 is 1.16 bits per heavy atom. The molecule has 0 aliphatic heterocycles. The largest absolute Gasteiger partial charge is 0.356 e.